The maximum absolute atomic E-state index is 13.0. The molecule has 1 aromatic carbocycles. The summed E-state index contributed by atoms with van der Waals surface area (Å²) in [5.41, 5.74) is 1.44. The van der Waals surface area contributed by atoms with Gasteiger partial charge in [-0.25, -0.2) is 21.6 Å². The van der Waals surface area contributed by atoms with E-state index in [1.165, 1.54) is 17.4 Å². The van der Waals surface area contributed by atoms with Crippen molar-refractivity contribution in [3.8, 4) is 0 Å². The van der Waals surface area contributed by atoms with E-state index >= 15 is 0 Å². The van der Waals surface area contributed by atoms with Crippen molar-refractivity contribution in [1.82, 2.24) is 14.3 Å². The molecule has 250 valence electrons. The van der Waals surface area contributed by atoms with Gasteiger partial charge in [0.25, 0.3) is 20.0 Å². The second-order valence-electron chi connectivity index (χ2n) is 12.0. The van der Waals surface area contributed by atoms with Crippen LogP contribution in [0.5, 0.6) is 0 Å². The van der Waals surface area contributed by atoms with E-state index in [1.807, 2.05) is 49.4 Å². The molecule has 2 heterocycles. The van der Waals surface area contributed by atoms with Gasteiger partial charge in [0.1, 0.15) is 8.42 Å². The van der Waals surface area contributed by atoms with Crippen LogP contribution in [0.4, 0.5) is 0 Å². The molecule has 2 aromatic rings. The van der Waals surface area contributed by atoms with Crippen molar-refractivity contribution in [2.45, 2.75) is 91.1 Å². The number of sulfonamides is 2. The molecule has 1 saturated carbocycles. The lowest BCUT2D eigenvalue weighted by atomic mass is 9.85. The van der Waals surface area contributed by atoms with Crippen LogP contribution in [0.2, 0.25) is 0 Å². The third kappa shape index (κ3) is 9.01. The summed E-state index contributed by atoms with van der Waals surface area (Å²) >= 11 is 0.641. The maximum Gasteiger partial charge on any atom is 0.273 e. The summed E-state index contributed by atoms with van der Waals surface area (Å²) in [5, 5.41) is 34.8. The molecule has 1 amide bonds. The fraction of sp³-hybridized carbons (Fsp3) is 0.581. The quantitative estimate of drug-likeness (QED) is 0.140. The van der Waals surface area contributed by atoms with Gasteiger partial charge in [-0.05, 0) is 75.0 Å². The van der Waals surface area contributed by atoms with Gasteiger partial charge in [0.2, 0.25) is 5.91 Å². The number of benzene rings is 1. The predicted octanol–water partition coefficient (Wildman–Crippen LogP) is 2.70. The van der Waals surface area contributed by atoms with Crippen LogP contribution < -0.4 is 10.0 Å². The Labute approximate surface area is 270 Å². The maximum atomic E-state index is 13.0. The molecule has 6 atom stereocenters. The molecule has 4 rings (SSSR count). The standard InChI is InChI=1S/C31H45N3O8S3/c1-3-32-26-20-34(2)45(41,42)31-25(26)18-30(43-31)44(39,40)33-29(38)14-10-5-4-9-13-23-24(28(37)19-27(23)36)16-15-22(35)17-21-11-7-6-8-12-21/h4,6-9,11-12,18,22-24,26-28,32,35-37H,3,5,10,13-17,19-20H2,1-2H3,(H,33,38)/b9-4-/t22-,23-,24-,26-,27+,28-/m1/s1. The van der Waals surface area contributed by atoms with Crippen LogP contribution in [0.25, 0.3) is 0 Å². The highest BCUT2D eigenvalue weighted by molar-refractivity contribution is 7.94. The van der Waals surface area contributed by atoms with E-state index in [1.54, 1.807) is 0 Å². The second-order valence-corrected chi connectivity index (χ2v) is 17.2. The van der Waals surface area contributed by atoms with Gasteiger partial charge in [-0.3, -0.25) is 4.79 Å². The molecule has 0 unspecified atom stereocenters. The number of hydrogen-bond donors (Lipinski definition) is 5. The zero-order valence-corrected chi connectivity index (χ0v) is 28.2. The number of carbonyl (C=O) groups excluding carboxylic acids is 1. The molecule has 0 spiro atoms. The Morgan fingerprint density at radius 3 is 2.58 bits per heavy atom. The Hall–Kier alpha value is -2.17. The molecule has 2 aliphatic rings. The number of aliphatic hydroxyl groups excluding tert-OH is 3. The molecule has 0 radical (unpaired) electrons. The molecule has 5 N–H and O–H groups in total. The minimum Gasteiger partial charge on any atom is -0.393 e. The fourth-order valence-electron chi connectivity index (χ4n) is 6.24. The highest BCUT2D eigenvalue weighted by atomic mass is 32.3. The van der Waals surface area contributed by atoms with E-state index in [2.05, 4.69) is 10.0 Å². The second kappa shape index (κ2) is 15.6. The summed E-state index contributed by atoms with van der Waals surface area (Å²) in [4.78, 5) is 12.5. The third-order valence-corrected chi connectivity index (χ3v) is 14.0. The van der Waals surface area contributed by atoms with Crippen molar-refractivity contribution in [1.29, 1.82) is 0 Å². The lowest BCUT2D eigenvalue weighted by Crippen LogP contribution is -2.40. The number of hydrogen-bond acceptors (Lipinski definition) is 10. The number of nitrogens with one attached hydrogen (secondary N) is 2. The number of thiophene rings is 1. The van der Waals surface area contributed by atoms with Gasteiger partial charge in [0, 0.05) is 31.6 Å². The van der Waals surface area contributed by atoms with Crippen LogP contribution >= 0.6 is 11.3 Å². The number of allylic oxidation sites excluding steroid dienone is 2. The van der Waals surface area contributed by atoms with Gasteiger partial charge in [-0.15, -0.1) is 11.3 Å². The SMILES string of the molecule is CCN[C@@H]1CN(C)S(=O)(=O)c2sc(S(=O)(=O)NC(=O)CCC/C=C\C[C@@H]3[C@@H](CC[C@@H](O)Cc4ccccc4)[C@H](O)C[C@@H]3O)cc21. The zero-order chi connectivity index (χ0) is 32.8. The smallest absolute Gasteiger partial charge is 0.273 e. The van der Waals surface area contributed by atoms with Crippen LogP contribution in [0.3, 0.4) is 0 Å². The van der Waals surface area contributed by atoms with Gasteiger partial charge in [-0.2, -0.15) is 4.31 Å². The summed E-state index contributed by atoms with van der Waals surface area (Å²) in [5.74, 6) is -0.945. The van der Waals surface area contributed by atoms with Crippen molar-refractivity contribution < 1.29 is 36.9 Å². The molecule has 1 fully saturated rings. The Bertz CT molecular complexity index is 1530. The number of unbranched alkanes of at least 4 members (excludes halogenated alkanes) is 1. The van der Waals surface area contributed by atoms with Crippen molar-refractivity contribution in [3.63, 3.8) is 0 Å². The minimum atomic E-state index is -4.24. The molecule has 0 saturated heterocycles. The highest BCUT2D eigenvalue weighted by Gasteiger charge is 2.41. The summed E-state index contributed by atoms with van der Waals surface area (Å²) in [6.45, 7) is 2.63. The molecule has 1 aliphatic heterocycles. The molecular weight excluding hydrogens is 639 g/mol. The van der Waals surface area contributed by atoms with Gasteiger partial charge < -0.3 is 20.6 Å². The largest absolute Gasteiger partial charge is 0.393 e. The molecular formula is C31H45N3O8S3. The zero-order valence-electron chi connectivity index (χ0n) is 25.7. The Morgan fingerprint density at radius 1 is 1.16 bits per heavy atom. The van der Waals surface area contributed by atoms with Crippen molar-refractivity contribution >= 4 is 37.3 Å². The fourth-order valence-corrected chi connectivity index (χ4v) is 10.9. The van der Waals surface area contributed by atoms with E-state index in [0.29, 0.717) is 68.4 Å². The van der Waals surface area contributed by atoms with Gasteiger partial charge in [0.15, 0.2) is 0 Å². The summed E-state index contributed by atoms with van der Waals surface area (Å²) in [6.07, 6.45) is 5.40. The van der Waals surface area contributed by atoms with Crippen LogP contribution in [0, 0.1) is 11.8 Å². The van der Waals surface area contributed by atoms with Crippen molar-refractivity contribution in [2.75, 3.05) is 20.1 Å². The lowest BCUT2D eigenvalue weighted by Gasteiger charge is -2.29. The Morgan fingerprint density at radius 2 is 1.87 bits per heavy atom. The number of aliphatic hydroxyl groups is 3. The number of fused-ring (bicyclic) bond motifs is 1. The normalized spacial score (nSPS) is 25.8. The lowest BCUT2D eigenvalue weighted by molar-refractivity contribution is -0.119. The number of carbonyl (C=O) groups is 1. The topological polar surface area (TPSA) is 173 Å². The Balaban J connectivity index is 1.24. The first-order valence-corrected chi connectivity index (χ1v) is 19.2. The molecule has 0 bridgehead atoms. The van der Waals surface area contributed by atoms with E-state index in [0.717, 1.165) is 5.56 Å². The summed E-state index contributed by atoms with van der Waals surface area (Å²) in [6, 6.07) is 10.7. The molecule has 45 heavy (non-hydrogen) atoms. The average molecular weight is 684 g/mol. The van der Waals surface area contributed by atoms with Crippen LogP contribution in [0.1, 0.15) is 69.0 Å². The van der Waals surface area contributed by atoms with Crippen molar-refractivity contribution in [3.05, 3.63) is 59.7 Å². The average Bonchev–Trinajstić information content (AvgIpc) is 3.55. The number of nitrogens with zero attached hydrogens (tertiary/aromatic N) is 1. The Kier molecular flexibility index (Phi) is 12.4. The number of likely N-dealkylation sites (N-methyl/N-ethyl adjacent to an activating group) is 2. The molecule has 11 nitrogen and oxygen atoms in total. The first-order chi connectivity index (χ1) is 21.3. The molecule has 14 heteroatoms. The van der Waals surface area contributed by atoms with Crippen LogP contribution in [-0.2, 0) is 31.3 Å². The summed E-state index contributed by atoms with van der Waals surface area (Å²) in [7, 11) is -6.61. The highest BCUT2D eigenvalue weighted by Crippen LogP contribution is 2.40. The number of rotatable bonds is 15. The first-order valence-electron chi connectivity index (χ1n) is 15.5. The van der Waals surface area contributed by atoms with Gasteiger partial charge in [0.05, 0.1) is 18.3 Å². The molecule has 1 aromatic heterocycles. The van der Waals surface area contributed by atoms with Crippen LogP contribution in [0.15, 0.2) is 57.0 Å². The minimum absolute atomic E-state index is 0.0364. The molecule has 1 aliphatic carbocycles. The predicted molar refractivity (Wildman–Crippen MR) is 172 cm³/mol. The van der Waals surface area contributed by atoms with E-state index < -0.39 is 44.3 Å². The van der Waals surface area contributed by atoms with E-state index in [9.17, 15) is 36.9 Å². The van der Waals surface area contributed by atoms with Crippen LogP contribution in [-0.4, -0.2) is 80.8 Å². The van der Waals surface area contributed by atoms with E-state index in [-0.39, 0.29) is 39.3 Å². The van der Waals surface area contributed by atoms with Gasteiger partial charge in [-0.1, -0.05) is 49.4 Å². The van der Waals surface area contributed by atoms with Crippen molar-refractivity contribution in [2.24, 2.45) is 11.8 Å². The first kappa shape index (κ1) is 35.7. The van der Waals surface area contributed by atoms with E-state index in [4.69, 9.17) is 0 Å². The third-order valence-electron chi connectivity index (χ3n) is 8.64. The monoisotopic (exact) mass is 683 g/mol. The van der Waals surface area contributed by atoms with Gasteiger partial charge >= 0.3 is 0 Å². The summed E-state index contributed by atoms with van der Waals surface area (Å²) < 4.78 is 54.5. The number of amides is 1.